The summed E-state index contributed by atoms with van der Waals surface area (Å²) in [7, 11) is 1.54. The van der Waals surface area contributed by atoms with Crippen molar-refractivity contribution in [2.75, 3.05) is 19.0 Å². The number of hydrogen-bond donors (Lipinski definition) is 1. The Morgan fingerprint density at radius 2 is 1.86 bits per heavy atom. The monoisotopic (exact) mass is 397 g/mol. The molecule has 2 aromatic carbocycles. The molecule has 0 radical (unpaired) electrons. The Morgan fingerprint density at radius 3 is 2.55 bits per heavy atom. The molecule has 8 nitrogen and oxygen atoms in total. The van der Waals surface area contributed by atoms with Gasteiger partial charge in [0.1, 0.15) is 5.75 Å². The molecular weight excluding hydrogens is 374 g/mol. The van der Waals surface area contributed by atoms with Crippen molar-refractivity contribution in [3.05, 3.63) is 48.5 Å². The van der Waals surface area contributed by atoms with Crippen molar-refractivity contribution in [2.24, 2.45) is 0 Å². The normalized spacial score (nSPS) is 11.6. The van der Waals surface area contributed by atoms with Gasteiger partial charge in [-0.25, -0.2) is 0 Å². The minimum atomic E-state index is -0.789. The minimum absolute atomic E-state index is 0.0618. The number of ether oxygens (including phenoxy) is 3. The predicted octanol–water partition coefficient (Wildman–Crippen LogP) is 3.94. The lowest BCUT2D eigenvalue weighted by Crippen LogP contribution is -2.30. The van der Waals surface area contributed by atoms with E-state index in [4.69, 9.17) is 18.7 Å². The highest BCUT2D eigenvalue weighted by Gasteiger charge is 2.19. The van der Waals surface area contributed by atoms with Crippen LogP contribution in [0.2, 0.25) is 0 Å². The van der Waals surface area contributed by atoms with Crippen molar-refractivity contribution in [3.63, 3.8) is 0 Å². The third-order valence-corrected chi connectivity index (χ3v) is 3.98. The van der Waals surface area contributed by atoms with E-state index in [1.54, 1.807) is 25.1 Å². The van der Waals surface area contributed by atoms with Crippen molar-refractivity contribution in [1.82, 2.24) is 10.1 Å². The molecular formula is C21H23N3O5. The van der Waals surface area contributed by atoms with E-state index >= 15 is 0 Å². The zero-order valence-electron chi connectivity index (χ0n) is 16.5. The van der Waals surface area contributed by atoms with E-state index < -0.39 is 12.0 Å². The van der Waals surface area contributed by atoms with E-state index in [0.29, 0.717) is 24.0 Å². The summed E-state index contributed by atoms with van der Waals surface area (Å²) in [6.07, 6.45) is 0.149. The first-order chi connectivity index (χ1) is 14.1. The predicted molar refractivity (Wildman–Crippen MR) is 107 cm³/mol. The van der Waals surface area contributed by atoms with Crippen LogP contribution in [0.25, 0.3) is 11.5 Å². The fraction of sp³-hybridized carbons (Fsp3) is 0.286. The quantitative estimate of drug-likeness (QED) is 0.584. The highest BCUT2D eigenvalue weighted by molar-refractivity contribution is 5.92. The number of carbonyl (C=O) groups is 1. The molecule has 0 saturated heterocycles. The number of nitrogens with zero attached hydrogens (tertiary/aromatic N) is 2. The number of para-hydroxylation sites is 2. The number of carbonyl (C=O) groups excluding carboxylic acids is 1. The maximum Gasteiger partial charge on any atom is 0.270 e. The second-order valence-corrected chi connectivity index (χ2v) is 6.20. The maximum atomic E-state index is 12.4. The van der Waals surface area contributed by atoms with Gasteiger partial charge in [0.2, 0.25) is 0 Å². The van der Waals surface area contributed by atoms with E-state index in [-0.39, 0.29) is 5.95 Å². The molecule has 0 fully saturated rings. The summed E-state index contributed by atoms with van der Waals surface area (Å²) in [6, 6.07) is 14.4. The smallest absolute Gasteiger partial charge is 0.270 e. The van der Waals surface area contributed by atoms with Gasteiger partial charge in [-0.1, -0.05) is 19.1 Å². The van der Waals surface area contributed by atoms with E-state index in [9.17, 15) is 4.79 Å². The molecule has 1 heterocycles. The van der Waals surface area contributed by atoms with Crippen LogP contribution in [0.4, 0.5) is 5.95 Å². The Labute approximate surface area is 168 Å². The lowest BCUT2D eigenvalue weighted by atomic mass is 10.2. The van der Waals surface area contributed by atoms with E-state index in [0.717, 1.165) is 17.7 Å². The molecule has 0 unspecified atom stereocenters. The molecule has 0 saturated carbocycles. The SMILES string of the molecule is CCCOc1ccc(-c2nc(NC(=O)[C@@H](C)Oc3ccccc3OC)no2)cc1. The molecule has 8 heteroatoms. The molecule has 0 aliphatic carbocycles. The fourth-order valence-corrected chi connectivity index (χ4v) is 2.48. The van der Waals surface area contributed by atoms with Crippen molar-refractivity contribution in [2.45, 2.75) is 26.4 Å². The van der Waals surface area contributed by atoms with Crippen molar-refractivity contribution >= 4 is 11.9 Å². The Bertz CT molecular complexity index is 939. The Kier molecular flexibility index (Phi) is 6.67. The largest absolute Gasteiger partial charge is 0.494 e. The first-order valence-corrected chi connectivity index (χ1v) is 9.28. The highest BCUT2D eigenvalue weighted by atomic mass is 16.5. The molecule has 3 rings (SSSR count). The summed E-state index contributed by atoms with van der Waals surface area (Å²) in [6.45, 7) is 4.33. The first kappa shape index (κ1) is 20.2. The number of anilines is 1. The number of aromatic nitrogens is 2. The molecule has 0 aliphatic heterocycles. The van der Waals surface area contributed by atoms with Crippen LogP contribution in [-0.2, 0) is 4.79 Å². The molecule has 1 amide bonds. The third-order valence-electron chi connectivity index (χ3n) is 3.98. The summed E-state index contributed by atoms with van der Waals surface area (Å²) >= 11 is 0. The van der Waals surface area contributed by atoms with Gasteiger partial charge < -0.3 is 18.7 Å². The second-order valence-electron chi connectivity index (χ2n) is 6.20. The van der Waals surface area contributed by atoms with E-state index in [1.807, 2.05) is 37.3 Å². The summed E-state index contributed by atoms with van der Waals surface area (Å²) in [5, 5.41) is 6.38. The second kappa shape index (κ2) is 9.59. The fourth-order valence-electron chi connectivity index (χ4n) is 2.48. The van der Waals surface area contributed by atoms with Crippen molar-refractivity contribution in [1.29, 1.82) is 0 Å². The molecule has 1 aromatic heterocycles. The summed E-state index contributed by atoms with van der Waals surface area (Å²) < 4.78 is 21.7. The van der Waals surface area contributed by atoms with Gasteiger partial charge in [0.15, 0.2) is 17.6 Å². The number of hydrogen-bond acceptors (Lipinski definition) is 7. The first-order valence-electron chi connectivity index (χ1n) is 9.28. The molecule has 1 N–H and O–H groups in total. The van der Waals surface area contributed by atoms with Crippen LogP contribution >= 0.6 is 0 Å². The molecule has 29 heavy (non-hydrogen) atoms. The number of rotatable bonds is 9. The molecule has 0 bridgehead atoms. The van der Waals surface area contributed by atoms with Crippen LogP contribution in [0.1, 0.15) is 20.3 Å². The molecule has 3 aromatic rings. The maximum absolute atomic E-state index is 12.4. The Balaban J connectivity index is 1.61. The van der Waals surface area contributed by atoms with Crippen molar-refractivity contribution < 1.29 is 23.5 Å². The summed E-state index contributed by atoms with van der Waals surface area (Å²) in [5.41, 5.74) is 0.722. The lowest BCUT2D eigenvalue weighted by Gasteiger charge is -2.15. The standard InChI is InChI=1S/C21H23N3O5/c1-4-13-27-16-11-9-15(10-12-16)20-23-21(24-29-20)22-19(25)14(2)28-18-8-6-5-7-17(18)26-3/h5-12,14H,4,13H2,1-3H3,(H,22,24,25)/t14-/m1/s1. The summed E-state index contributed by atoms with van der Waals surface area (Å²) in [5.74, 6) is 1.72. The van der Waals surface area contributed by atoms with Crippen LogP contribution in [0, 0.1) is 0 Å². The lowest BCUT2D eigenvalue weighted by molar-refractivity contribution is -0.122. The van der Waals surface area contributed by atoms with Gasteiger partial charge >= 0.3 is 0 Å². The van der Waals surface area contributed by atoms with Gasteiger partial charge in [-0.05, 0) is 54.9 Å². The van der Waals surface area contributed by atoms with Crippen LogP contribution in [-0.4, -0.2) is 35.9 Å². The topological polar surface area (TPSA) is 95.7 Å². The van der Waals surface area contributed by atoms with Gasteiger partial charge in [0.05, 0.1) is 13.7 Å². The van der Waals surface area contributed by atoms with Gasteiger partial charge in [-0.2, -0.15) is 4.98 Å². The molecule has 0 aliphatic rings. The van der Waals surface area contributed by atoms with Gasteiger partial charge in [0, 0.05) is 5.56 Å². The molecule has 1 atom stereocenters. The third kappa shape index (κ3) is 5.25. The number of nitrogens with one attached hydrogen (secondary N) is 1. The van der Waals surface area contributed by atoms with Gasteiger partial charge in [0.25, 0.3) is 17.7 Å². The van der Waals surface area contributed by atoms with Gasteiger partial charge in [-0.3, -0.25) is 10.1 Å². The zero-order chi connectivity index (χ0) is 20.6. The molecule has 152 valence electrons. The average Bonchev–Trinajstić information content (AvgIpc) is 3.21. The van der Waals surface area contributed by atoms with Crippen LogP contribution in [0.3, 0.4) is 0 Å². The minimum Gasteiger partial charge on any atom is -0.494 e. The van der Waals surface area contributed by atoms with Gasteiger partial charge in [-0.15, -0.1) is 0 Å². The summed E-state index contributed by atoms with van der Waals surface area (Å²) in [4.78, 5) is 16.6. The van der Waals surface area contributed by atoms with Crippen LogP contribution in [0.15, 0.2) is 53.1 Å². The highest BCUT2D eigenvalue weighted by Crippen LogP contribution is 2.27. The number of methoxy groups -OCH3 is 1. The van der Waals surface area contributed by atoms with Crippen molar-refractivity contribution in [3.8, 4) is 28.7 Å². The number of benzene rings is 2. The van der Waals surface area contributed by atoms with E-state index in [1.165, 1.54) is 7.11 Å². The van der Waals surface area contributed by atoms with Crippen LogP contribution < -0.4 is 19.5 Å². The Hall–Kier alpha value is -3.55. The Morgan fingerprint density at radius 1 is 1.14 bits per heavy atom. The zero-order valence-corrected chi connectivity index (χ0v) is 16.5. The average molecular weight is 397 g/mol. The van der Waals surface area contributed by atoms with Crippen LogP contribution in [0.5, 0.6) is 17.2 Å². The molecule has 0 spiro atoms. The van der Waals surface area contributed by atoms with E-state index in [2.05, 4.69) is 15.5 Å². The number of amides is 1.